The SMILES string of the molecule is Cn1ncc2c(C(=O)NCc3ccc(C(F)(F)F)cc3)cc(-c3ccc(F)cc3)nc21. The van der Waals surface area contributed by atoms with Crippen LogP contribution >= 0.6 is 0 Å². The average molecular weight is 428 g/mol. The topological polar surface area (TPSA) is 59.8 Å². The Labute approximate surface area is 174 Å². The first-order chi connectivity index (χ1) is 14.7. The predicted octanol–water partition coefficient (Wildman–Crippen LogP) is 4.72. The van der Waals surface area contributed by atoms with E-state index in [4.69, 9.17) is 0 Å². The minimum atomic E-state index is -4.42. The van der Waals surface area contributed by atoms with E-state index in [1.807, 2.05) is 0 Å². The van der Waals surface area contributed by atoms with E-state index in [1.54, 1.807) is 25.2 Å². The third-order valence-electron chi connectivity index (χ3n) is 4.82. The number of nitrogens with zero attached hydrogens (tertiary/aromatic N) is 3. The maximum Gasteiger partial charge on any atom is 0.416 e. The number of carbonyl (C=O) groups is 1. The molecule has 4 rings (SSSR count). The quantitative estimate of drug-likeness (QED) is 0.479. The van der Waals surface area contributed by atoms with Crippen LogP contribution in [0.25, 0.3) is 22.3 Å². The maximum atomic E-state index is 13.3. The lowest BCUT2D eigenvalue weighted by molar-refractivity contribution is -0.137. The molecule has 0 saturated heterocycles. The number of carbonyl (C=O) groups excluding carboxylic acids is 1. The molecule has 2 aromatic heterocycles. The normalized spacial score (nSPS) is 11.6. The molecule has 0 unspecified atom stereocenters. The number of halogens is 4. The van der Waals surface area contributed by atoms with Crippen LogP contribution in [-0.4, -0.2) is 20.7 Å². The molecule has 4 aromatic rings. The Balaban J connectivity index is 1.62. The molecule has 1 amide bonds. The number of aromatic nitrogens is 3. The van der Waals surface area contributed by atoms with E-state index in [1.165, 1.54) is 35.1 Å². The highest BCUT2D eigenvalue weighted by Crippen LogP contribution is 2.29. The van der Waals surface area contributed by atoms with Crippen molar-refractivity contribution in [2.24, 2.45) is 7.05 Å². The number of pyridine rings is 1. The molecule has 0 atom stereocenters. The van der Waals surface area contributed by atoms with Gasteiger partial charge in [0.15, 0.2) is 5.65 Å². The molecule has 0 fully saturated rings. The zero-order valence-electron chi connectivity index (χ0n) is 16.2. The fourth-order valence-corrected chi connectivity index (χ4v) is 3.16. The average Bonchev–Trinajstić information content (AvgIpc) is 3.12. The number of hydrogen-bond donors (Lipinski definition) is 1. The largest absolute Gasteiger partial charge is 0.416 e. The molecule has 158 valence electrons. The van der Waals surface area contributed by atoms with Crippen LogP contribution in [0.1, 0.15) is 21.5 Å². The summed E-state index contributed by atoms with van der Waals surface area (Å²) in [6.07, 6.45) is -2.90. The Morgan fingerprint density at radius 1 is 1.06 bits per heavy atom. The van der Waals surface area contributed by atoms with Gasteiger partial charge in [-0.2, -0.15) is 18.3 Å². The van der Waals surface area contributed by atoms with Crippen molar-refractivity contribution in [3.05, 3.63) is 83.3 Å². The Kier molecular flexibility index (Phi) is 5.18. The monoisotopic (exact) mass is 428 g/mol. The van der Waals surface area contributed by atoms with Crippen LogP contribution in [0.15, 0.2) is 60.8 Å². The van der Waals surface area contributed by atoms with Gasteiger partial charge in [-0.3, -0.25) is 9.48 Å². The maximum absolute atomic E-state index is 13.3. The van der Waals surface area contributed by atoms with Crippen molar-refractivity contribution < 1.29 is 22.4 Å². The van der Waals surface area contributed by atoms with Crippen molar-refractivity contribution in [1.82, 2.24) is 20.1 Å². The fourth-order valence-electron chi connectivity index (χ4n) is 3.16. The molecule has 0 aliphatic heterocycles. The molecule has 0 radical (unpaired) electrons. The van der Waals surface area contributed by atoms with Crippen LogP contribution in [0, 0.1) is 5.82 Å². The van der Waals surface area contributed by atoms with Crippen LogP contribution < -0.4 is 5.32 Å². The molecule has 0 saturated carbocycles. The molecule has 1 N–H and O–H groups in total. The smallest absolute Gasteiger partial charge is 0.348 e. The summed E-state index contributed by atoms with van der Waals surface area (Å²) in [4.78, 5) is 17.4. The molecule has 0 aliphatic carbocycles. The molecular formula is C22H16F4N4O. The lowest BCUT2D eigenvalue weighted by Crippen LogP contribution is -2.23. The highest BCUT2D eigenvalue weighted by Gasteiger charge is 2.29. The molecule has 2 aromatic carbocycles. The van der Waals surface area contributed by atoms with Crippen LogP contribution in [0.2, 0.25) is 0 Å². The number of amides is 1. The molecule has 5 nitrogen and oxygen atoms in total. The van der Waals surface area contributed by atoms with E-state index >= 15 is 0 Å². The number of nitrogens with one attached hydrogen (secondary N) is 1. The summed E-state index contributed by atoms with van der Waals surface area (Å²) in [6, 6.07) is 11.9. The van der Waals surface area contributed by atoms with Gasteiger partial charge in [0.05, 0.1) is 28.4 Å². The van der Waals surface area contributed by atoms with Crippen molar-refractivity contribution >= 4 is 16.9 Å². The second-order valence-corrected chi connectivity index (χ2v) is 6.94. The second kappa shape index (κ2) is 7.82. The van der Waals surface area contributed by atoms with Gasteiger partial charge in [0.2, 0.25) is 0 Å². The molecule has 0 aliphatic rings. The van der Waals surface area contributed by atoms with Crippen LogP contribution in [-0.2, 0) is 19.8 Å². The summed E-state index contributed by atoms with van der Waals surface area (Å²) < 4.78 is 52.9. The molecule has 31 heavy (non-hydrogen) atoms. The van der Waals surface area contributed by atoms with E-state index < -0.39 is 17.6 Å². The summed E-state index contributed by atoms with van der Waals surface area (Å²) in [5.41, 5.74) is 1.65. The van der Waals surface area contributed by atoms with Crippen LogP contribution in [0.4, 0.5) is 17.6 Å². The third kappa shape index (κ3) is 4.25. The van der Waals surface area contributed by atoms with Gasteiger partial charge in [-0.1, -0.05) is 12.1 Å². The minimum absolute atomic E-state index is 0.0485. The van der Waals surface area contributed by atoms with Gasteiger partial charge in [0.1, 0.15) is 5.82 Å². The minimum Gasteiger partial charge on any atom is -0.348 e. The summed E-state index contributed by atoms with van der Waals surface area (Å²) in [5.74, 6) is -0.816. The number of rotatable bonds is 4. The van der Waals surface area contributed by atoms with Crippen molar-refractivity contribution in [2.75, 3.05) is 0 Å². The summed E-state index contributed by atoms with van der Waals surface area (Å²) in [5, 5.41) is 7.39. The van der Waals surface area contributed by atoms with Crippen LogP contribution in [0.3, 0.4) is 0 Å². The highest BCUT2D eigenvalue weighted by atomic mass is 19.4. The molecule has 2 heterocycles. The standard InChI is InChI=1S/C22H16F4N4O/c1-30-20-18(12-28-30)17(10-19(29-20)14-4-8-16(23)9-5-14)21(31)27-11-13-2-6-15(7-3-13)22(24,25)26/h2-10,12H,11H2,1H3,(H,27,31). The van der Waals surface area contributed by atoms with Gasteiger partial charge in [0, 0.05) is 19.2 Å². The number of benzene rings is 2. The van der Waals surface area contributed by atoms with E-state index in [-0.39, 0.29) is 12.4 Å². The van der Waals surface area contributed by atoms with E-state index in [0.29, 0.717) is 33.4 Å². The number of hydrogen-bond acceptors (Lipinski definition) is 3. The Hall–Kier alpha value is -3.75. The molecular weight excluding hydrogens is 412 g/mol. The zero-order valence-corrected chi connectivity index (χ0v) is 16.2. The number of alkyl halides is 3. The first kappa shape index (κ1) is 20.5. The Morgan fingerprint density at radius 2 is 1.74 bits per heavy atom. The van der Waals surface area contributed by atoms with Crippen molar-refractivity contribution in [2.45, 2.75) is 12.7 Å². The van der Waals surface area contributed by atoms with Crippen LogP contribution in [0.5, 0.6) is 0 Å². The molecule has 0 bridgehead atoms. The van der Waals surface area contributed by atoms with Crippen molar-refractivity contribution in [1.29, 1.82) is 0 Å². The lowest BCUT2D eigenvalue weighted by atomic mass is 10.1. The summed E-state index contributed by atoms with van der Waals surface area (Å²) in [6.45, 7) is 0.0485. The number of fused-ring (bicyclic) bond motifs is 1. The lowest BCUT2D eigenvalue weighted by Gasteiger charge is -2.10. The molecule has 0 spiro atoms. The predicted molar refractivity (Wildman–Crippen MR) is 107 cm³/mol. The second-order valence-electron chi connectivity index (χ2n) is 6.94. The van der Waals surface area contributed by atoms with Gasteiger partial charge < -0.3 is 5.32 Å². The first-order valence-corrected chi connectivity index (χ1v) is 9.25. The molecule has 9 heteroatoms. The van der Waals surface area contributed by atoms with Gasteiger partial charge in [0.25, 0.3) is 5.91 Å². The van der Waals surface area contributed by atoms with E-state index in [9.17, 15) is 22.4 Å². The van der Waals surface area contributed by atoms with E-state index in [2.05, 4.69) is 15.4 Å². The summed E-state index contributed by atoms with van der Waals surface area (Å²) in [7, 11) is 1.69. The first-order valence-electron chi connectivity index (χ1n) is 9.25. The van der Waals surface area contributed by atoms with Gasteiger partial charge in [-0.15, -0.1) is 0 Å². The van der Waals surface area contributed by atoms with Crippen molar-refractivity contribution in [3.63, 3.8) is 0 Å². The highest BCUT2D eigenvalue weighted by molar-refractivity contribution is 6.06. The summed E-state index contributed by atoms with van der Waals surface area (Å²) >= 11 is 0. The van der Waals surface area contributed by atoms with E-state index in [0.717, 1.165) is 12.1 Å². The van der Waals surface area contributed by atoms with Gasteiger partial charge in [-0.05, 0) is 48.0 Å². The fraction of sp³-hybridized carbons (Fsp3) is 0.136. The van der Waals surface area contributed by atoms with Gasteiger partial charge >= 0.3 is 6.18 Å². The third-order valence-corrected chi connectivity index (χ3v) is 4.82. The Morgan fingerprint density at radius 3 is 2.39 bits per heavy atom. The van der Waals surface area contributed by atoms with Crippen molar-refractivity contribution in [3.8, 4) is 11.3 Å². The Bertz CT molecular complexity index is 1250. The van der Waals surface area contributed by atoms with Gasteiger partial charge in [-0.25, -0.2) is 9.37 Å². The zero-order chi connectivity index (χ0) is 22.2. The number of aryl methyl sites for hydroxylation is 1.